The fourth-order valence-corrected chi connectivity index (χ4v) is 0. The Kier molecular flexibility index (Phi) is 115. The van der Waals surface area contributed by atoms with Crippen LogP contribution in [0.4, 0.5) is 0 Å². The largest absolute Gasteiger partial charge is 2.00 e. The average Bonchev–Trinajstić information content (AvgIpc) is 1.39. The van der Waals surface area contributed by atoms with Gasteiger partial charge < -0.3 is 24.7 Å². The van der Waals surface area contributed by atoms with E-state index in [0.717, 1.165) is 0 Å². The van der Waals surface area contributed by atoms with Gasteiger partial charge in [0.1, 0.15) is 0 Å². The van der Waals surface area contributed by atoms with Crippen LogP contribution < -0.4 is 0 Å². The molecule has 0 saturated heterocycles. The van der Waals surface area contributed by atoms with Crippen molar-refractivity contribution >= 4 is 0 Å². The van der Waals surface area contributed by atoms with E-state index in [1.807, 2.05) is 11.8 Å². The van der Waals surface area contributed by atoms with Gasteiger partial charge in [-0.25, -0.2) is 0 Å². The fraction of sp³-hybridized carbons (Fsp3) is 0. The summed E-state index contributed by atoms with van der Waals surface area (Å²) in [7, 11) is 0. The molecule has 0 amide bonds. The van der Waals surface area contributed by atoms with Crippen LogP contribution in [-0.4, -0.2) is 0 Å². The predicted molar refractivity (Wildman–Crippen MR) is 28.4 cm³/mol. The van der Waals surface area contributed by atoms with E-state index in [-0.39, 0.29) is 19.5 Å². The van der Waals surface area contributed by atoms with Gasteiger partial charge in [-0.2, -0.15) is 13.8 Å². The Hall–Kier alpha value is -0.517. The first-order valence-corrected chi connectivity index (χ1v) is 1.28. The van der Waals surface area contributed by atoms with E-state index in [1.54, 1.807) is 0 Å². The molecule has 0 aromatic rings. The van der Waals surface area contributed by atoms with Gasteiger partial charge in [0, 0.05) is 0 Å². The van der Waals surface area contributed by atoms with Crippen molar-refractivity contribution in [2.45, 2.75) is 0 Å². The van der Waals surface area contributed by atoms with Gasteiger partial charge in [-0.1, -0.05) is 0 Å². The summed E-state index contributed by atoms with van der Waals surface area (Å²) >= 11 is 0. The van der Waals surface area contributed by atoms with Gasteiger partial charge in [-0.15, -0.1) is 0 Å². The first kappa shape index (κ1) is 16.1. The Bertz CT molecular complexity index is 59.2. The molecule has 0 radical (unpaired) electrons. The fourth-order valence-electron chi connectivity index (χ4n) is 0. The normalized spacial score (nSPS) is 2.00. The molecule has 0 atom stereocenters. The Morgan fingerprint density at radius 2 is 1.00 bits per heavy atom. The molecule has 32 valence electrons. The topological polar surface area (TPSA) is 0 Å². The summed E-state index contributed by atoms with van der Waals surface area (Å²) in [4.78, 5) is 0. The van der Waals surface area contributed by atoms with Gasteiger partial charge in [0.2, 0.25) is 0 Å². The van der Waals surface area contributed by atoms with Gasteiger partial charge in [-0.3, -0.25) is 0 Å². The van der Waals surface area contributed by atoms with Crippen molar-refractivity contribution in [1.29, 1.82) is 0 Å². The maximum absolute atomic E-state index is 4.49. The van der Waals surface area contributed by atoms with Crippen LogP contribution in [0.1, 0.15) is 0 Å². The monoisotopic (exact) mass is 142 g/mol. The molecule has 0 bridgehead atoms. The zero-order valence-electron chi connectivity index (χ0n) is 4.28. The van der Waals surface area contributed by atoms with E-state index in [9.17, 15) is 0 Å². The summed E-state index contributed by atoms with van der Waals surface area (Å²) in [6, 6.07) is 0. The molecule has 0 aromatic heterocycles. The molecule has 0 fully saturated rings. The van der Waals surface area contributed by atoms with Crippen LogP contribution in [0.2, 0.25) is 0 Å². The van der Waals surface area contributed by atoms with Crippen molar-refractivity contribution in [3.8, 4) is 24.7 Å². The minimum absolute atomic E-state index is 0. The summed E-state index contributed by atoms with van der Waals surface area (Å²) in [5.74, 6) is 4.00. The van der Waals surface area contributed by atoms with E-state index >= 15 is 0 Å². The van der Waals surface area contributed by atoms with Crippen LogP contribution in [0.3, 0.4) is 0 Å². The summed E-state index contributed by atoms with van der Waals surface area (Å²) < 4.78 is 0. The Labute approximate surface area is 58.5 Å². The summed E-state index contributed by atoms with van der Waals surface area (Å²) in [5, 5.41) is 0. The molecule has 0 aromatic carbocycles. The molecule has 7 heavy (non-hydrogen) atoms. The van der Waals surface area contributed by atoms with Gasteiger partial charge in [0.05, 0.1) is 0 Å². The molecule has 0 heterocycles. The number of rotatable bonds is 0. The SMILES string of the molecule is C#C[CH2-].C#C[CH2-].[Zn+2]. The summed E-state index contributed by atoms with van der Waals surface area (Å²) in [5.41, 5.74) is 0. The van der Waals surface area contributed by atoms with Crippen molar-refractivity contribution in [3.05, 3.63) is 13.8 Å². The molecule has 0 nitrogen and oxygen atoms in total. The van der Waals surface area contributed by atoms with Crippen molar-refractivity contribution in [2.75, 3.05) is 0 Å². The van der Waals surface area contributed by atoms with Gasteiger partial charge in [0.15, 0.2) is 0 Å². The first-order valence-electron chi connectivity index (χ1n) is 1.28. The van der Waals surface area contributed by atoms with E-state index in [1.165, 1.54) is 0 Å². The third-order valence-corrected chi connectivity index (χ3v) is 0. The minimum Gasteiger partial charge on any atom is -0.345 e. The minimum atomic E-state index is 0. The summed E-state index contributed by atoms with van der Waals surface area (Å²) in [6.07, 6.45) is 8.97. The molecular weight excluding hydrogens is 137 g/mol. The third kappa shape index (κ3) is 249. The van der Waals surface area contributed by atoms with Crippen molar-refractivity contribution < 1.29 is 19.5 Å². The second kappa shape index (κ2) is 50.1. The van der Waals surface area contributed by atoms with Crippen molar-refractivity contribution in [3.63, 3.8) is 0 Å². The van der Waals surface area contributed by atoms with Gasteiger partial charge in [0.25, 0.3) is 0 Å². The molecule has 0 aliphatic heterocycles. The molecule has 0 N–H and O–H groups in total. The molecule has 0 saturated carbocycles. The van der Waals surface area contributed by atoms with Crippen LogP contribution in [0.5, 0.6) is 0 Å². The van der Waals surface area contributed by atoms with E-state index in [4.69, 9.17) is 0 Å². The van der Waals surface area contributed by atoms with E-state index in [0.29, 0.717) is 0 Å². The predicted octanol–water partition coefficient (Wildman–Crippen LogP) is 0.905. The number of hydrogen-bond acceptors (Lipinski definition) is 0. The standard InChI is InChI=1S/2C3H3.Zn/c2*1-3-2;/h2*1H,2H2;/q2*-1;+2. The van der Waals surface area contributed by atoms with Crippen molar-refractivity contribution in [1.82, 2.24) is 0 Å². The van der Waals surface area contributed by atoms with Crippen LogP contribution in [0.25, 0.3) is 0 Å². The van der Waals surface area contributed by atoms with E-state index < -0.39 is 0 Å². The van der Waals surface area contributed by atoms with Crippen molar-refractivity contribution in [2.24, 2.45) is 0 Å². The number of terminal acetylenes is 2. The second-order valence-corrected chi connectivity index (χ2v) is 0.408. The van der Waals surface area contributed by atoms with Crippen LogP contribution in [-0.2, 0) is 19.5 Å². The van der Waals surface area contributed by atoms with Gasteiger partial charge >= 0.3 is 19.5 Å². The number of hydrogen-bond donors (Lipinski definition) is 0. The Morgan fingerprint density at radius 3 is 1.00 bits per heavy atom. The summed E-state index contributed by atoms with van der Waals surface area (Å²) in [6.45, 7) is 6.03. The second-order valence-electron chi connectivity index (χ2n) is 0.408. The molecule has 0 rings (SSSR count). The molecule has 0 aliphatic rings. The average molecular weight is 144 g/mol. The van der Waals surface area contributed by atoms with Crippen LogP contribution in [0, 0.1) is 38.5 Å². The smallest absolute Gasteiger partial charge is 0.345 e. The molecule has 1 heteroatoms. The molecule has 0 unspecified atom stereocenters. The maximum Gasteiger partial charge on any atom is 2.00 e. The zero-order chi connectivity index (χ0) is 5.41. The maximum atomic E-state index is 4.49. The first-order chi connectivity index (χ1) is 2.83. The Balaban J connectivity index is -0.0000000400. The molecule has 0 aliphatic carbocycles. The molecular formula is C6H6Zn. The molecule has 0 spiro atoms. The Morgan fingerprint density at radius 1 is 1.00 bits per heavy atom. The quantitative estimate of drug-likeness (QED) is 0.269. The zero-order valence-corrected chi connectivity index (χ0v) is 7.24. The van der Waals surface area contributed by atoms with Crippen LogP contribution in [0.15, 0.2) is 0 Å². The third-order valence-electron chi connectivity index (χ3n) is 0. The van der Waals surface area contributed by atoms with E-state index in [2.05, 4.69) is 26.7 Å². The van der Waals surface area contributed by atoms with Crippen LogP contribution >= 0.6 is 0 Å². The van der Waals surface area contributed by atoms with Gasteiger partial charge in [-0.05, 0) is 0 Å².